The molecule has 1 aromatic rings. The smallest absolute Gasteiger partial charge is 0.326 e. The molecule has 1 aliphatic heterocycles. The zero-order chi connectivity index (χ0) is 19.0. The van der Waals surface area contributed by atoms with Gasteiger partial charge in [0.15, 0.2) is 0 Å². The van der Waals surface area contributed by atoms with Crippen molar-refractivity contribution in [2.24, 2.45) is 0 Å². The van der Waals surface area contributed by atoms with Gasteiger partial charge in [0.2, 0.25) is 5.91 Å². The Hall–Kier alpha value is -2.38. The maximum absolute atomic E-state index is 12.6. The first-order valence-corrected chi connectivity index (χ1v) is 8.39. The van der Waals surface area contributed by atoms with Crippen LogP contribution in [0.3, 0.4) is 0 Å². The summed E-state index contributed by atoms with van der Waals surface area (Å²) >= 11 is 0. The fourth-order valence-electron chi connectivity index (χ4n) is 3.15. The Bertz CT molecular complexity index is 709. The van der Waals surface area contributed by atoms with Crippen molar-refractivity contribution in [3.63, 3.8) is 0 Å². The van der Waals surface area contributed by atoms with Crippen LogP contribution < -0.4 is 0 Å². The molecule has 2 heterocycles. The molecule has 0 aliphatic carbocycles. The van der Waals surface area contributed by atoms with E-state index in [0.29, 0.717) is 6.54 Å². The van der Waals surface area contributed by atoms with Crippen LogP contribution in [0.1, 0.15) is 43.3 Å². The summed E-state index contributed by atoms with van der Waals surface area (Å²) in [5, 5.41) is 4.53. The molecule has 0 saturated carbocycles. The van der Waals surface area contributed by atoms with E-state index in [4.69, 9.17) is 0 Å². The molecule has 0 bridgehead atoms. The average Bonchev–Trinajstić information content (AvgIpc) is 2.93. The molecule has 2 rings (SSSR count). The van der Waals surface area contributed by atoms with Gasteiger partial charge in [0.05, 0.1) is 12.1 Å². The number of nitrogens with zero attached hydrogens (tertiary/aromatic N) is 5. The highest BCUT2D eigenvalue weighted by molar-refractivity contribution is 6.05. The largest absolute Gasteiger partial charge is 0.341 e. The van der Waals surface area contributed by atoms with Gasteiger partial charge in [0.1, 0.15) is 6.04 Å². The third-order valence-electron chi connectivity index (χ3n) is 4.82. The maximum Gasteiger partial charge on any atom is 0.326 e. The summed E-state index contributed by atoms with van der Waals surface area (Å²) in [7, 11) is 4.68. The average molecular weight is 349 g/mol. The highest BCUT2D eigenvalue weighted by atomic mass is 16.2. The standard InChI is InChI=1S/C17H27N5O3/c1-10(2)22-12(4)13(11(3)18-22)9-19(5)15(23)8-14-16(24)21(7)17(25)20(14)6/h10,14H,8-9H2,1-7H3/t14-/m0/s1. The van der Waals surface area contributed by atoms with Gasteiger partial charge < -0.3 is 9.80 Å². The lowest BCUT2D eigenvalue weighted by atomic mass is 10.1. The van der Waals surface area contributed by atoms with Gasteiger partial charge in [0.25, 0.3) is 5.91 Å². The van der Waals surface area contributed by atoms with Crippen molar-refractivity contribution in [1.82, 2.24) is 24.5 Å². The summed E-state index contributed by atoms with van der Waals surface area (Å²) in [6, 6.07) is -0.858. The lowest BCUT2D eigenvalue weighted by molar-refractivity contribution is -0.135. The minimum Gasteiger partial charge on any atom is -0.341 e. The number of aromatic nitrogens is 2. The number of rotatable bonds is 5. The fourth-order valence-corrected chi connectivity index (χ4v) is 3.15. The van der Waals surface area contributed by atoms with Crippen molar-refractivity contribution in [3.05, 3.63) is 17.0 Å². The Morgan fingerprint density at radius 2 is 1.84 bits per heavy atom. The summed E-state index contributed by atoms with van der Waals surface area (Å²) in [5.74, 6) is -0.515. The molecule has 0 aromatic carbocycles. The molecule has 0 radical (unpaired) electrons. The normalized spacial score (nSPS) is 17.8. The second-order valence-corrected chi connectivity index (χ2v) is 6.95. The topological polar surface area (TPSA) is 78.8 Å². The van der Waals surface area contributed by atoms with Crippen molar-refractivity contribution >= 4 is 17.8 Å². The van der Waals surface area contributed by atoms with Crippen LogP contribution in [0.4, 0.5) is 4.79 Å². The van der Waals surface area contributed by atoms with Crippen LogP contribution in [0.25, 0.3) is 0 Å². The second kappa shape index (κ2) is 6.85. The molecule has 4 amide bonds. The zero-order valence-electron chi connectivity index (χ0n) is 16.0. The van der Waals surface area contributed by atoms with E-state index in [1.807, 2.05) is 18.5 Å². The minimum atomic E-state index is -0.729. The van der Waals surface area contributed by atoms with Gasteiger partial charge in [0, 0.05) is 45.0 Å². The number of amides is 4. The molecule has 1 aromatic heterocycles. The quantitative estimate of drug-likeness (QED) is 0.751. The van der Waals surface area contributed by atoms with E-state index in [1.54, 1.807) is 19.0 Å². The van der Waals surface area contributed by atoms with E-state index in [0.717, 1.165) is 21.9 Å². The molecule has 1 atom stereocenters. The van der Waals surface area contributed by atoms with E-state index in [2.05, 4.69) is 18.9 Å². The third-order valence-corrected chi connectivity index (χ3v) is 4.82. The number of hydrogen-bond donors (Lipinski definition) is 0. The summed E-state index contributed by atoms with van der Waals surface area (Å²) < 4.78 is 1.95. The summed E-state index contributed by atoms with van der Waals surface area (Å²) in [6.07, 6.45) is -0.0155. The molecule has 8 heteroatoms. The van der Waals surface area contributed by atoms with Crippen LogP contribution in [0, 0.1) is 13.8 Å². The molecule has 0 N–H and O–H groups in total. The molecule has 8 nitrogen and oxygen atoms in total. The number of likely N-dealkylation sites (N-methyl/N-ethyl adjacent to an activating group) is 2. The van der Waals surface area contributed by atoms with E-state index >= 15 is 0 Å². The first kappa shape index (κ1) is 19.0. The molecule has 1 fully saturated rings. The lowest BCUT2D eigenvalue weighted by Crippen LogP contribution is -2.38. The van der Waals surface area contributed by atoms with Crippen molar-refractivity contribution in [1.29, 1.82) is 0 Å². The molecular formula is C17H27N5O3. The van der Waals surface area contributed by atoms with Gasteiger partial charge in [-0.15, -0.1) is 0 Å². The Kier molecular flexibility index (Phi) is 5.20. The highest BCUT2D eigenvalue weighted by Gasteiger charge is 2.42. The second-order valence-electron chi connectivity index (χ2n) is 6.95. The van der Waals surface area contributed by atoms with Crippen LogP contribution in [0.15, 0.2) is 0 Å². The van der Waals surface area contributed by atoms with Gasteiger partial charge in [-0.05, 0) is 27.7 Å². The minimum absolute atomic E-state index is 0.0155. The molecule has 138 valence electrons. The number of carbonyl (C=O) groups excluding carboxylic acids is 3. The number of hydrogen-bond acceptors (Lipinski definition) is 4. The monoisotopic (exact) mass is 349 g/mol. The molecule has 1 saturated heterocycles. The van der Waals surface area contributed by atoms with Crippen LogP contribution in [0.2, 0.25) is 0 Å². The van der Waals surface area contributed by atoms with Crippen LogP contribution >= 0.6 is 0 Å². The Balaban J connectivity index is 2.09. The third kappa shape index (κ3) is 3.38. The maximum atomic E-state index is 12.6. The van der Waals surface area contributed by atoms with Crippen molar-refractivity contribution < 1.29 is 14.4 Å². The fraction of sp³-hybridized carbons (Fsp3) is 0.647. The predicted molar refractivity (Wildman–Crippen MR) is 92.9 cm³/mol. The van der Waals surface area contributed by atoms with Crippen molar-refractivity contribution in [2.75, 3.05) is 21.1 Å². The van der Waals surface area contributed by atoms with E-state index in [9.17, 15) is 14.4 Å². The van der Waals surface area contributed by atoms with E-state index in [-0.39, 0.29) is 30.3 Å². The lowest BCUT2D eigenvalue weighted by Gasteiger charge is -2.21. The first-order valence-electron chi connectivity index (χ1n) is 8.39. The van der Waals surface area contributed by atoms with Crippen LogP contribution in [0.5, 0.6) is 0 Å². The van der Waals surface area contributed by atoms with Gasteiger partial charge in [-0.3, -0.25) is 19.2 Å². The Morgan fingerprint density at radius 3 is 2.28 bits per heavy atom. The molecule has 25 heavy (non-hydrogen) atoms. The van der Waals surface area contributed by atoms with Crippen LogP contribution in [-0.2, 0) is 16.1 Å². The number of imide groups is 1. The number of aryl methyl sites for hydroxylation is 1. The summed E-state index contributed by atoms with van der Waals surface area (Å²) in [5.41, 5.74) is 2.95. The predicted octanol–water partition coefficient (Wildman–Crippen LogP) is 1.32. The zero-order valence-corrected chi connectivity index (χ0v) is 16.0. The van der Waals surface area contributed by atoms with Crippen molar-refractivity contribution in [2.45, 2.75) is 52.7 Å². The SMILES string of the molecule is Cc1nn(C(C)C)c(C)c1CN(C)C(=O)C[C@H]1C(=O)N(C)C(=O)N1C. The highest BCUT2D eigenvalue weighted by Crippen LogP contribution is 2.21. The Labute approximate surface area is 148 Å². The van der Waals surface area contributed by atoms with Gasteiger partial charge in [-0.25, -0.2) is 4.79 Å². The summed E-state index contributed by atoms with van der Waals surface area (Å²) in [6.45, 7) is 8.48. The van der Waals surface area contributed by atoms with Gasteiger partial charge >= 0.3 is 6.03 Å². The molecule has 1 aliphatic rings. The Morgan fingerprint density at radius 1 is 1.24 bits per heavy atom. The summed E-state index contributed by atoms with van der Waals surface area (Å²) in [4.78, 5) is 40.5. The van der Waals surface area contributed by atoms with Gasteiger partial charge in [-0.2, -0.15) is 5.10 Å². The number of urea groups is 1. The van der Waals surface area contributed by atoms with E-state index < -0.39 is 6.04 Å². The first-order chi connectivity index (χ1) is 11.6. The molecule has 0 spiro atoms. The molecule has 0 unspecified atom stereocenters. The molecular weight excluding hydrogens is 322 g/mol. The van der Waals surface area contributed by atoms with Crippen LogP contribution in [-0.4, -0.2) is 69.5 Å². The van der Waals surface area contributed by atoms with E-state index in [1.165, 1.54) is 11.9 Å². The van der Waals surface area contributed by atoms with Crippen molar-refractivity contribution in [3.8, 4) is 0 Å². The van der Waals surface area contributed by atoms with Gasteiger partial charge in [-0.1, -0.05) is 0 Å². The number of carbonyl (C=O) groups is 3.